The Labute approximate surface area is 112 Å². The summed E-state index contributed by atoms with van der Waals surface area (Å²) in [6.45, 7) is 0.806. The number of ketones is 1. The fourth-order valence-corrected chi connectivity index (χ4v) is 4.08. The van der Waals surface area contributed by atoms with Crippen molar-refractivity contribution in [3.8, 4) is 0 Å². The van der Waals surface area contributed by atoms with Crippen LogP contribution in [0.5, 0.6) is 0 Å². The summed E-state index contributed by atoms with van der Waals surface area (Å²) in [5, 5.41) is 13.3. The van der Waals surface area contributed by atoms with Crippen LogP contribution in [0.4, 0.5) is 0 Å². The highest BCUT2D eigenvalue weighted by atomic mass is 16.5. The smallest absolute Gasteiger partial charge is 0.287 e. The van der Waals surface area contributed by atoms with E-state index in [1.807, 2.05) is 7.05 Å². The Morgan fingerprint density at radius 2 is 2.16 bits per heavy atom. The molecule has 3 rings (SSSR count). The summed E-state index contributed by atoms with van der Waals surface area (Å²) in [7, 11) is 3.50. The average Bonchev–Trinajstić information content (AvgIpc) is 2.40. The Morgan fingerprint density at radius 1 is 1.42 bits per heavy atom. The highest BCUT2D eigenvalue weighted by Gasteiger charge is 2.56. The van der Waals surface area contributed by atoms with Gasteiger partial charge in [0.15, 0.2) is 0 Å². The van der Waals surface area contributed by atoms with Gasteiger partial charge in [-0.1, -0.05) is 0 Å². The Hall–Kier alpha value is -0.980. The van der Waals surface area contributed by atoms with Gasteiger partial charge in [-0.25, -0.2) is 0 Å². The number of rotatable bonds is 1. The van der Waals surface area contributed by atoms with E-state index in [1.54, 1.807) is 7.11 Å². The molecule has 1 saturated carbocycles. The first-order chi connectivity index (χ1) is 9.04. The van der Waals surface area contributed by atoms with Gasteiger partial charge in [-0.15, -0.1) is 0 Å². The van der Waals surface area contributed by atoms with E-state index in [0.717, 1.165) is 13.0 Å². The zero-order chi connectivity index (χ0) is 13.7. The van der Waals surface area contributed by atoms with E-state index in [-0.39, 0.29) is 35.8 Å². The summed E-state index contributed by atoms with van der Waals surface area (Å²) < 4.78 is 5.32. The number of carbonyl (C=O) groups is 2. The molecular weight excluding hydrogens is 248 g/mol. The minimum absolute atomic E-state index is 0.00357. The number of hydrogen-bond acceptors (Lipinski definition) is 5. The summed E-state index contributed by atoms with van der Waals surface area (Å²) in [5.41, 5.74) is 0. The van der Waals surface area contributed by atoms with Gasteiger partial charge in [0.1, 0.15) is 0 Å². The maximum absolute atomic E-state index is 12.1. The normalized spacial score (nSPS) is 46.7. The molecule has 0 aromatic heterocycles. The number of hydrogen-bond donors (Lipinski definition) is 2. The molecule has 6 nitrogen and oxygen atoms in total. The van der Waals surface area contributed by atoms with Crippen molar-refractivity contribution >= 4 is 11.7 Å². The average molecular weight is 268 g/mol. The van der Waals surface area contributed by atoms with Crippen molar-refractivity contribution in [1.82, 2.24) is 10.2 Å². The molecule has 6 heteroatoms. The topological polar surface area (TPSA) is 78.9 Å². The molecule has 2 heterocycles. The third kappa shape index (κ3) is 1.81. The van der Waals surface area contributed by atoms with Crippen LogP contribution in [0.25, 0.3) is 0 Å². The van der Waals surface area contributed by atoms with Crippen LogP contribution in [0.15, 0.2) is 0 Å². The molecule has 106 valence electrons. The summed E-state index contributed by atoms with van der Waals surface area (Å²) in [6.07, 6.45) is 0.289. The zero-order valence-electron chi connectivity index (χ0n) is 11.2. The Kier molecular flexibility index (Phi) is 3.11. The lowest BCUT2D eigenvalue weighted by Gasteiger charge is -2.55. The number of methoxy groups -OCH3 is 1. The SMILES string of the molecule is COC1CC2C(=O)C(=O)NC3CCN(C)C(C1O)C32. The third-order valence-electron chi connectivity index (χ3n) is 5.02. The molecule has 0 bridgehead atoms. The predicted octanol–water partition coefficient (Wildman–Crippen LogP) is -1.23. The molecule has 1 aliphatic carbocycles. The van der Waals surface area contributed by atoms with Crippen molar-refractivity contribution < 1.29 is 19.4 Å². The van der Waals surface area contributed by atoms with Gasteiger partial charge in [0, 0.05) is 37.6 Å². The van der Waals surface area contributed by atoms with Gasteiger partial charge in [-0.2, -0.15) is 0 Å². The number of piperidine rings is 2. The Morgan fingerprint density at radius 3 is 2.84 bits per heavy atom. The molecule has 2 aliphatic heterocycles. The number of aliphatic hydroxyl groups excluding tert-OH is 1. The first-order valence-corrected chi connectivity index (χ1v) is 6.80. The largest absolute Gasteiger partial charge is 0.389 e. The Balaban J connectivity index is 1.97. The summed E-state index contributed by atoms with van der Waals surface area (Å²) in [4.78, 5) is 25.9. The molecular formula is C13H20N2O4. The van der Waals surface area contributed by atoms with Crippen LogP contribution in [-0.2, 0) is 14.3 Å². The molecule has 2 saturated heterocycles. The second kappa shape index (κ2) is 4.54. The second-order valence-corrected chi connectivity index (χ2v) is 5.89. The van der Waals surface area contributed by atoms with Gasteiger partial charge in [-0.3, -0.25) is 9.59 Å². The lowest BCUT2D eigenvalue weighted by molar-refractivity contribution is -0.166. The molecule has 0 aromatic rings. The van der Waals surface area contributed by atoms with Gasteiger partial charge in [0.25, 0.3) is 5.91 Å². The van der Waals surface area contributed by atoms with E-state index >= 15 is 0 Å². The van der Waals surface area contributed by atoms with Crippen LogP contribution in [0.2, 0.25) is 0 Å². The van der Waals surface area contributed by atoms with E-state index in [9.17, 15) is 14.7 Å². The highest BCUT2D eigenvalue weighted by Crippen LogP contribution is 2.42. The maximum Gasteiger partial charge on any atom is 0.287 e. The molecule has 0 spiro atoms. The number of likely N-dealkylation sites (tertiary alicyclic amines) is 1. The second-order valence-electron chi connectivity index (χ2n) is 5.89. The molecule has 3 aliphatic rings. The van der Waals surface area contributed by atoms with Crippen molar-refractivity contribution in [2.45, 2.75) is 37.1 Å². The fraction of sp³-hybridized carbons (Fsp3) is 0.846. The lowest BCUT2D eigenvalue weighted by Crippen LogP contribution is -2.71. The van der Waals surface area contributed by atoms with E-state index in [0.29, 0.717) is 6.42 Å². The van der Waals surface area contributed by atoms with Crippen LogP contribution in [0, 0.1) is 11.8 Å². The van der Waals surface area contributed by atoms with Crippen molar-refractivity contribution in [3.05, 3.63) is 0 Å². The van der Waals surface area contributed by atoms with Crippen LogP contribution in [0.3, 0.4) is 0 Å². The van der Waals surface area contributed by atoms with Gasteiger partial charge in [-0.05, 0) is 19.9 Å². The standard InChI is InChI=1S/C13H20N2O4/c1-15-4-3-7-9-6(11(16)13(18)14-7)5-8(19-2)12(17)10(9)15/h6-10,12,17H,3-5H2,1-2H3,(H,14,18). The van der Waals surface area contributed by atoms with Crippen molar-refractivity contribution in [2.75, 3.05) is 20.7 Å². The molecule has 0 aromatic carbocycles. The first-order valence-electron chi connectivity index (χ1n) is 6.80. The first kappa shape index (κ1) is 13.0. The molecule has 6 unspecified atom stereocenters. The quantitative estimate of drug-likeness (QED) is 0.582. The minimum Gasteiger partial charge on any atom is -0.389 e. The van der Waals surface area contributed by atoms with Crippen LogP contribution in [-0.4, -0.2) is 66.7 Å². The fourth-order valence-electron chi connectivity index (χ4n) is 4.08. The minimum atomic E-state index is -0.609. The zero-order valence-corrected chi connectivity index (χ0v) is 11.2. The molecule has 19 heavy (non-hydrogen) atoms. The van der Waals surface area contributed by atoms with E-state index in [1.165, 1.54) is 0 Å². The number of likely N-dealkylation sites (N-methyl/N-ethyl adjacent to an activating group) is 1. The van der Waals surface area contributed by atoms with E-state index in [4.69, 9.17) is 4.74 Å². The Bertz CT molecular complexity index is 413. The van der Waals surface area contributed by atoms with Crippen molar-refractivity contribution in [3.63, 3.8) is 0 Å². The number of nitrogens with zero attached hydrogens (tertiary/aromatic N) is 1. The molecule has 2 N–H and O–H groups in total. The molecule has 6 atom stereocenters. The maximum atomic E-state index is 12.1. The summed E-state index contributed by atoms with van der Waals surface area (Å²) >= 11 is 0. The lowest BCUT2D eigenvalue weighted by atomic mass is 9.63. The molecule has 3 fully saturated rings. The number of amides is 1. The van der Waals surface area contributed by atoms with Crippen molar-refractivity contribution in [1.29, 1.82) is 0 Å². The van der Waals surface area contributed by atoms with Crippen LogP contribution in [0.1, 0.15) is 12.8 Å². The summed E-state index contributed by atoms with van der Waals surface area (Å²) in [5.74, 6) is -1.14. The number of Topliss-reactive ketones (excluding diaryl/α,β-unsaturated/α-hetero) is 1. The van der Waals surface area contributed by atoms with Gasteiger partial charge in [0.2, 0.25) is 5.78 Å². The van der Waals surface area contributed by atoms with Crippen molar-refractivity contribution in [2.24, 2.45) is 11.8 Å². The number of aliphatic hydroxyl groups is 1. The van der Waals surface area contributed by atoms with Crippen LogP contribution >= 0.6 is 0 Å². The molecule has 1 amide bonds. The van der Waals surface area contributed by atoms with Gasteiger partial charge < -0.3 is 20.1 Å². The van der Waals surface area contributed by atoms with Crippen LogP contribution < -0.4 is 5.32 Å². The number of carbonyl (C=O) groups excluding carboxylic acids is 2. The predicted molar refractivity (Wildman–Crippen MR) is 66.4 cm³/mol. The number of ether oxygens (including phenoxy) is 1. The highest BCUT2D eigenvalue weighted by molar-refractivity contribution is 6.37. The summed E-state index contributed by atoms with van der Waals surface area (Å²) in [6, 6.07) is -0.115. The monoisotopic (exact) mass is 268 g/mol. The molecule has 0 radical (unpaired) electrons. The van der Waals surface area contributed by atoms with Gasteiger partial charge in [0.05, 0.1) is 12.2 Å². The van der Waals surface area contributed by atoms with Gasteiger partial charge >= 0.3 is 0 Å². The third-order valence-corrected chi connectivity index (χ3v) is 5.02. The van der Waals surface area contributed by atoms with E-state index in [2.05, 4.69) is 10.2 Å². The number of nitrogens with one attached hydrogen (secondary N) is 1. The van der Waals surface area contributed by atoms with E-state index < -0.39 is 12.0 Å².